The Balaban J connectivity index is 0.00000225. The second kappa shape index (κ2) is 9.09. The minimum absolute atomic E-state index is 0. The molecule has 1 aromatic carbocycles. The number of piperazine rings is 1. The normalized spacial score (nSPS) is 23.4. The molecule has 9 heteroatoms. The molecule has 0 bridgehead atoms. The first-order valence-electron chi connectivity index (χ1n) is 9.87. The minimum atomic E-state index is -3.56. The molecule has 4 rings (SSSR count). The molecule has 3 aliphatic rings. The number of carbonyl (C=O) groups is 1. The van der Waals surface area contributed by atoms with Gasteiger partial charge in [-0.15, -0.1) is 12.4 Å². The Hall–Kier alpha value is -1.19. The van der Waals surface area contributed by atoms with Gasteiger partial charge in [-0.3, -0.25) is 9.69 Å². The van der Waals surface area contributed by atoms with Crippen LogP contribution >= 0.6 is 12.4 Å². The predicted molar refractivity (Wildman–Crippen MR) is 110 cm³/mol. The van der Waals surface area contributed by atoms with Crippen LogP contribution in [0.5, 0.6) is 0 Å². The monoisotopic (exact) mass is 428 g/mol. The van der Waals surface area contributed by atoms with Crippen LogP contribution in [0, 0.1) is 5.92 Å². The second-order valence-corrected chi connectivity index (χ2v) is 9.57. The number of hydrogen-bond donors (Lipinski definition) is 2. The van der Waals surface area contributed by atoms with Crippen molar-refractivity contribution in [2.45, 2.75) is 30.2 Å². The molecule has 1 unspecified atom stereocenters. The van der Waals surface area contributed by atoms with E-state index in [9.17, 15) is 13.2 Å². The molecule has 0 aromatic heterocycles. The van der Waals surface area contributed by atoms with E-state index in [0.29, 0.717) is 24.1 Å². The summed E-state index contributed by atoms with van der Waals surface area (Å²) >= 11 is 0. The van der Waals surface area contributed by atoms with E-state index in [1.54, 1.807) is 18.2 Å². The van der Waals surface area contributed by atoms with Gasteiger partial charge in [0.1, 0.15) is 0 Å². The molecule has 1 aromatic rings. The summed E-state index contributed by atoms with van der Waals surface area (Å²) in [5, 5.41) is 3.35. The van der Waals surface area contributed by atoms with Gasteiger partial charge < -0.3 is 10.2 Å². The number of nitrogens with zero attached hydrogens (tertiary/aromatic N) is 2. The predicted octanol–water partition coefficient (Wildman–Crippen LogP) is 0.916. The van der Waals surface area contributed by atoms with Gasteiger partial charge in [0.2, 0.25) is 10.0 Å². The minimum Gasteiger partial charge on any atom is -0.337 e. The molecule has 1 saturated carbocycles. The molecule has 1 atom stereocenters. The van der Waals surface area contributed by atoms with Crippen LogP contribution < -0.4 is 10.0 Å². The Kier molecular flexibility index (Phi) is 6.98. The fourth-order valence-electron chi connectivity index (χ4n) is 3.88. The van der Waals surface area contributed by atoms with E-state index in [2.05, 4.69) is 14.9 Å². The van der Waals surface area contributed by atoms with Crippen LogP contribution in [0.25, 0.3) is 0 Å². The molecule has 1 aliphatic carbocycles. The molecular weight excluding hydrogens is 400 g/mol. The van der Waals surface area contributed by atoms with Crippen LogP contribution in [0.4, 0.5) is 0 Å². The number of benzene rings is 1. The van der Waals surface area contributed by atoms with Crippen LogP contribution in [0.1, 0.15) is 29.6 Å². The first kappa shape index (κ1) is 21.5. The summed E-state index contributed by atoms with van der Waals surface area (Å²) in [5.74, 6) is 0.392. The lowest BCUT2D eigenvalue weighted by atomic mass is 10.2. The Labute approximate surface area is 173 Å². The van der Waals surface area contributed by atoms with Crippen LogP contribution in [0.15, 0.2) is 29.2 Å². The largest absolute Gasteiger partial charge is 0.337 e. The van der Waals surface area contributed by atoms with E-state index >= 15 is 0 Å². The second-order valence-electron chi connectivity index (χ2n) is 7.80. The van der Waals surface area contributed by atoms with E-state index in [1.807, 2.05) is 4.90 Å². The van der Waals surface area contributed by atoms with Gasteiger partial charge in [-0.2, -0.15) is 0 Å². The SMILES string of the molecule is Cl.O=C(c1cccc(S(=O)(=O)NCC2CC2)c1)N1CCC(N2CCNCC2)C1. The first-order valence-corrected chi connectivity index (χ1v) is 11.3. The molecule has 3 fully saturated rings. The quantitative estimate of drug-likeness (QED) is 0.704. The van der Waals surface area contributed by atoms with Gasteiger partial charge >= 0.3 is 0 Å². The average molecular weight is 429 g/mol. The van der Waals surface area contributed by atoms with Gasteiger partial charge in [0.15, 0.2) is 0 Å². The summed E-state index contributed by atoms with van der Waals surface area (Å²) in [5.41, 5.74) is 0.449. The van der Waals surface area contributed by atoms with Crippen LogP contribution in [0.3, 0.4) is 0 Å². The van der Waals surface area contributed by atoms with Gasteiger partial charge in [0.05, 0.1) is 4.90 Å². The molecule has 0 spiro atoms. The Morgan fingerprint density at radius 1 is 1.14 bits per heavy atom. The van der Waals surface area contributed by atoms with Crippen molar-refractivity contribution in [1.82, 2.24) is 19.8 Å². The highest BCUT2D eigenvalue weighted by Crippen LogP contribution is 2.28. The summed E-state index contributed by atoms with van der Waals surface area (Å²) in [6.45, 7) is 5.97. The van der Waals surface area contributed by atoms with E-state index in [-0.39, 0.29) is 23.2 Å². The highest BCUT2D eigenvalue weighted by molar-refractivity contribution is 7.89. The van der Waals surface area contributed by atoms with Crippen molar-refractivity contribution >= 4 is 28.3 Å². The zero-order valence-electron chi connectivity index (χ0n) is 16.0. The highest BCUT2D eigenvalue weighted by atomic mass is 35.5. The Morgan fingerprint density at radius 2 is 1.89 bits per heavy atom. The van der Waals surface area contributed by atoms with Crippen molar-refractivity contribution in [2.75, 3.05) is 45.8 Å². The van der Waals surface area contributed by atoms with Gasteiger partial charge in [-0.05, 0) is 43.4 Å². The molecule has 2 N–H and O–H groups in total. The maximum absolute atomic E-state index is 12.9. The number of amides is 1. The lowest BCUT2D eigenvalue weighted by Gasteiger charge is -2.32. The first-order chi connectivity index (χ1) is 13.0. The van der Waals surface area contributed by atoms with Crippen LogP contribution in [-0.4, -0.2) is 76.0 Å². The standard InChI is InChI=1S/C19H28N4O3S.ClH/c24-19(23-9-6-17(14-23)22-10-7-20-8-11-22)16-2-1-3-18(12-16)27(25,26)21-13-15-4-5-15;/h1-3,12,15,17,20-21H,4-11,13-14H2;1H. The van der Waals surface area contributed by atoms with Gasteiger partial charge in [-0.25, -0.2) is 13.1 Å². The molecule has 2 heterocycles. The number of likely N-dealkylation sites (tertiary alicyclic amines) is 1. The molecular formula is C19H29ClN4O3S. The van der Waals surface area contributed by atoms with Crippen molar-refractivity contribution in [2.24, 2.45) is 5.92 Å². The maximum Gasteiger partial charge on any atom is 0.253 e. The van der Waals surface area contributed by atoms with Gasteiger partial charge in [0.25, 0.3) is 5.91 Å². The third-order valence-corrected chi connectivity index (χ3v) is 7.19. The van der Waals surface area contributed by atoms with Crippen molar-refractivity contribution in [3.05, 3.63) is 29.8 Å². The third kappa shape index (κ3) is 5.04. The highest BCUT2D eigenvalue weighted by Gasteiger charge is 2.32. The number of sulfonamides is 1. The zero-order chi connectivity index (χ0) is 18.9. The number of rotatable bonds is 6. The molecule has 2 saturated heterocycles. The van der Waals surface area contributed by atoms with Gasteiger partial charge in [0, 0.05) is 57.4 Å². The fourth-order valence-corrected chi connectivity index (χ4v) is 5.04. The molecule has 1 amide bonds. The number of hydrogen-bond acceptors (Lipinski definition) is 5. The number of nitrogens with one attached hydrogen (secondary N) is 2. The molecule has 7 nitrogen and oxygen atoms in total. The number of carbonyl (C=O) groups excluding carboxylic acids is 1. The topological polar surface area (TPSA) is 81.8 Å². The number of halogens is 1. The average Bonchev–Trinajstić information content (AvgIpc) is 3.41. The van der Waals surface area contributed by atoms with E-state index in [0.717, 1.165) is 58.5 Å². The van der Waals surface area contributed by atoms with Gasteiger partial charge in [-0.1, -0.05) is 6.07 Å². The molecule has 2 aliphatic heterocycles. The molecule has 28 heavy (non-hydrogen) atoms. The van der Waals surface area contributed by atoms with E-state index in [4.69, 9.17) is 0 Å². The van der Waals surface area contributed by atoms with Crippen LogP contribution in [0.2, 0.25) is 0 Å². The zero-order valence-corrected chi connectivity index (χ0v) is 17.6. The fraction of sp³-hybridized carbons (Fsp3) is 0.632. The van der Waals surface area contributed by atoms with Crippen molar-refractivity contribution in [1.29, 1.82) is 0 Å². The summed E-state index contributed by atoms with van der Waals surface area (Å²) in [7, 11) is -3.56. The maximum atomic E-state index is 12.9. The smallest absolute Gasteiger partial charge is 0.253 e. The van der Waals surface area contributed by atoms with Crippen LogP contribution in [-0.2, 0) is 10.0 Å². The van der Waals surface area contributed by atoms with Crippen molar-refractivity contribution < 1.29 is 13.2 Å². The molecule has 156 valence electrons. The Morgan fingerprint density at radius 3 is 2.61 bits per heavy atom. The van der Waals surface area contributed by atoms with E-state index < -0.39 is 10.0 Å². The third-order valence-electron chi connectivity index (χ3n) is 5.77. The van der Waals surface area contributed by atoms with E-state index in [1.165, 1.54) is 6.07 Å². The summed E-state index contributed by atoms with van der Waals surface area (Å²) in [4.78, 5) is 17.4. The summed E-state index contributed by atoms with van der Waals surface area (Å²) in [6.07, 6.45) is 3.15. The summed E-state index contributed by atoms with van der Waals surface area (Å²) < 4.78 is 27.6. The Bertz CT molecular complexity index is 794. The lowest BCUT2D eigenvalue weighted by Crippen LogP contribution is -2.49. The van der Waals surface area contributed by atoms with Crippen molar-refractivity contribution in [3.63, 3.8) is 0 Å². The summed E-state index contributed by atoms with van der Waals surface area (Å²) in [6, 6.07) is 6.83. The van der Waals surface area contributed by atoms with Crippen molar-refractivity contribution in [3.8, 4) is 0 Å². The lowest BCUT2D eigenvalue weighted by molar-refractivity contribution is 0.0773. The molecule has 0 radical (unpaired) electrons.